The van der Waals surface area contributed by atoms with Crippen LogP contribution in [0, 0.1) is 11.8 Å². The Hall–Kier alpha value is -3.22. The van der Waals surface area contributed by atoms with Crippen LogP contribution in [0.1, 0.15) is 129 Å². The lowest BCUT2D eigenvalue weighted by atomic mass is 9.90. The number of hydrogen-bond acceptors (Lipinski definition) is 11. The van der Waals surface area contributed by atoms with Crippen molar-refractivity contribution in [3.63, 3.8) is 0 Å². The van der Waals surface area contributed by atoms with Crippen molar-refractivity contribution >= 4 is 25.5 Å². The molecule has 0 radical (unpaired) electrons. The normalized spacial score (nSPS) is 18.6. The van der Waals surface area contributed by atoms with Crippen LogP contribution in [0.5, 0.6) is 0 Å². The SMILES string of the molecule is CC/C=C\C/C=C\C/C=C\C/C=C\CCCCCCC(=O)OC[C@H](COP(=O)(O)OC[C@@H](O)CO)OC(=O)CCC/C=C\C[C@H]1C=CC(=O)[C@@H]1/C=C/[C@@H](O)CCCCC. The van der Waals surface area contributed by atoms with E-state index in [0.29, 0.717) is 32.1 Å². The standard InChI is InChI=1S/C46H73O12P/c1-3-5-7-8-9-10-11-12-13-14-15-16-17-18-19-20-25-29-45(51)55-37-42(38-57-59(53,54)56-36-41(49)35-47)58-46(52)30-26-22-21-24-27-39-31-34-44(50)43(39)33-32-40(48)28-23-6-4-2/h5,7,9-10,12-13,15-16,21,24,31-34,39-43,47-49H,3-4,6,8,11,14,17-20,22-23,25-30,35-38H2,1-2H3,(H,53,54)/b7-5-,10-9-,13-12-,16-15-,24-21-,33-32+/t39-,40-,41-,42+,43+/m0/s1. The fourth-order valence-corrected chi connectivity index (χ4v) is 6.64. The zero-order valence-electron chi connectivity index (χ0n) is 35.5. The van der Waals surface area contributed by atoms with Crippen molar-refractivity contribution in [2.45, 2.75) is 148 Å². The highest BCUT2D eigenvalue weighted by Gasteiger charge is 2.28. The minimum atomic E-state index is -4.69. The molecule has 0 aromatic rings. The van der Waals surface area contributed by atoms with Crippen LogP contribution in [-0.2, 0) is 37.5 Å². The molecule has 1 rings (SSSR count). The number of carbonyl (C=O) groups is 3. The molecule has 334 valence electrons. The van der Waals surface area contributed by atoms with Crippen molar-refractivity contribution in [3.8, 4) is 0 Å². The Morgan fingerprint density at radius 1 is 0.763 bits per heavy atom. The van der Waals surface area contributed by atoms with E-state index in [1.54, 1.807) is 18.2 Å². The van der Waals surface area contributed by atoms with Crippen LogP contribution in [-0.4, -0.2) is 82.7 Å². The van der Waals surface area contributed by atoms with Gasteiger partial charge in [-0.3, -0.25) is 23.4 Å². The van der Waals surface area contributed by atoms with Crippen LogP contribution in [0.15, 0.2) is 85.1 Å². The summed E-state index contributed by atoms with van der Waals surface area (Å²) in [6.07, 6.45) is 38.9. The average Bonchev–Trinajstić information content (AvgIpc) is 3.57. The lowest BCUT2D eigenvalue weighted by Gasteiger charge is -2.20. The number of unbranched alkanes of at least 4 members (excludes halogenated alkanes) is 7. The number of aliphatic hydroxyl groups excluding tert-OH is 3. The molecule has 0 heterocycles. The van der Waals surface area contributed by atoms with E-state index in [9.17, 15) is 34.1 Å². The zero-order valence-corrected chi connectivity index (χ0v) is 36.4. The highest BCUT2D eigenvalue weighted by Crippen LogP contribution is 2.43. The van der Waals surface area contributed by atoms with E-state index < -0.39 is 64.5 Å². The zero-order chi connectivity index (χ0) is 43.4. The number of allylic oxidation sites excluding steroid dienone is 13. The highest BCUT2D eigenvalue weighted by atomic mass is 31.2. The number of phosphoric acid groups is 1. The van der Waals surface area contributed by atoms with Gasteiger partial charge in [0, 0.05) is 18.8 Å². The maximum absolute atomic E-state index is 12.7. The summed E-state index contributed by atoms with van der Waals surface area (Å²) in [6.45, 7) is 1.88. The van der Waals surface area contributed by atoms with Gasteiger partial charge >= 0.3 is 19.8 Å². The second kappa shape index (κ2) is 35.5. The number of phosphoric ester groups is 1. The molecular weight excluding hydrogens is 775 g/mol. The molecule has 1 aliphatic carbocycles. The van der Waals surface area contributed by atoms with Gasteiger partial charge in [-0.05, 0) is 82.6 Å². The molecule has 4 N–H and O–H groups in total. The fraction of sp³-hybridized carbons (Fsp3) is 0.630. The summed E-state index contributed by atoms with van der Waals surface area (Å²) in [5, 5.41) is 28.6. The van der Waals surface area contributed by atoms with E-state index >= 15 is 0 Å². The van der Waals surface area contributed by atoms with Crippen molar-refractivity contribution in [1.29, 1.82) is 0 Å². The Kier molecular flexibility index (Phi) is 32.4. The van der Waals surface area contributed by atoms with Gasteiger partial charge in [-0.1, -0.05) is 125 Å². The first-order valence-electron chi connectivity index (χ1n) is 21.6. The van der Waals surface area contributed by atoms with Crippen LogP contribution in [0.25, 0.3) is 0 Å². The molecule has 13 heteroatoms. The van der Waals surface area contributed by atoms with Crippen molar-refractivity contribution < 1.29 is 57.7 Å². The number of rotatable bonds is 36. The first kappa shape index (κ1) is 53.8. The maximum atomic E-state index is 12.7. The topological polar surface area (TPSA) is 186 Å². The van der Waals surface area contributed by atoms with Gasteiger partial charge in [0.15, 0.2) is 11.9 Å². The largest absolute Gasteiger partial charge is 0.472 e. The Balaban J connectivity index is 2.46. The van der Waals surface area contributed by atoms with Crippen molar-refractivity contribution in [2.75, 3.05) is 26.4 Å². The number of ether oxygens (including phenoxy) is 2. The summed E-state index contributed by atoms with van der Waals surface area (Å²) in [5.41, 5.74) is 0. The van der Waals surface area contributed by atoms with Crippen LogP contribution in [0.2, 0.25) is 0 Å². The molecule has 0 aromatic carbocycles. The van der Waals surface area contributed by atoms with Crippen LogP contribution >= 0.6 is 7.82 Å². The highest BCUT2D eigenvalue weighted by molar-refractivity contribution is 7.47. The third-order valence-corrected chi connectivity index (χ3v) is 10.2. The van der Waals surface area contributed by atoms with Crippen molar-refractivity contribution in [3.05, 3.63) is 85.1 Å². The van der Waals surface area contributed by atoms with Gasteiger partial charge in [0.05, 0.1) is 25.9 Å². The third kappa shape index (κ3) is 30.5. The molecule has 0 saturated heterocycles. The van der Waals surface area contributed by atoms with E-state index in [1.807, 2.05) is 18.2 Å². The minimum absolute atomic E-state index is 0.00809. The van der Waals surface area contributed by atoms with Crippen LogP contribution in [0.3, 0.4) is 0 Å². The summed E-state index contributed by atoms with van der Waals surface area (Å²) in [5.74, 6) is -1.41. The lowest BCUT2D eigenvalue weighted by molar-refractivity contribution is -0.161. The Morgan fingerprint density at radius 3 is 2.08 bits per heavy atom. The lowest BCUT2D eigenvalue weighted by Crippen LogP contribution is -2.29. The molecule has 1 unspecified atom stereocenters. The van der Waals surface area contributed by atoms with Crippen LogP contribution in [0.4, 0.5) is 0 Å². The predicted octanol–water partition coefficient (Wildman–Crippen LogP) is 9.06. The Morgan fingerprint density at radius 2 is 1.39 bits per heavy atom. The van der Waals surface area contributed by atoms with E-state index in [1.165, 1.54) is 0 Å². The van der Waals surface area contributed by atoms with Gasteiger partial charge in [0.1, 0.15) is 12.7 Å². The third-order valence-electron chi connectivity index (χ3n) is 9.28. The van der Waals surface area contributed by atoms with E-state index in [4.69, 9.17) is 19.1 Å². The average molecular weight is 849 g/mol. The second-order valence-electron chi connectivity index (χ2n) is 14.6. The number of ketones is 1. The summed E-state index contributed by atoms with van der Waals surface area (Å²) in [4.78, 5) is 47.5. The molecule has 59 heavy (non-hydrogen) atoms. The van der Waals surface area contributed by atoms with Gasteiger partial charge in [0.2, 0.25) is 0 Å². The monoisotopic (exact) mass is 848 g/mol. The molecule has 12 nitrogen and oxygen atoms in total. The minimum Gasteiger partial charge on any atom is -0.462 e. The Bertz CT molecular complexity index is 1400. The molecular formula is C46H73O12P. The molecule has 0 aliphatic heterocycles. The number of esters is 2. The van der Waals surface area contributed by atoms with E-state index in [2.05, 4.69) is 67.0 Å². The molecule has 0 bridgehead atoms. The molecule has 1 aliphatic rings. The van der Waals surface area contributed by atoms with E-state index in [-0.39, 0.29) is 30.5 Å². The molecule has 0 aromatic heterocycles. The summed E-state index contributed by atoms with van der Waals surface area (Å²) in [7, 11) is -4.69. The number of aliphatic hydroxyl groups is 3. The second-order valence-corrected chi connectivity index (χ2v) is 16.1. The first-order valence-corrected chi connectivity index (χ1v) is 23.1. The van der Waals surface area contributed by atoms with Gasteiger partial charge in [-0.15, -0.1) is 0 Å². The first-order chi connectivity index (χ1) is 28.5. The number of carbonyl (C=O) groups excluding carboxylic acids is 3. The summed E-state index contributed by atoms with van der Waals surface area (Å²) >= 11 is 0. The van der Waals surface area contributed by atoms with Crippen molar-refractivity contribution in [2.24, 2.45) is 11.8 Å². The number of hydrogen-bond donors (Lipinski definition) is 4. The maximum Gasteiger partial charge on any atom is 0.472 e. The fourth-order valence-electron chi connectivity index (χ4n) is 5.86. The van der Waals surface area contributed by atoms with Gasteiger partial charge < -0.3 is 29.7 Å². The molecule has 0 spiro atoms. The van der Waals surface area contributed by atoms with E-state index in [0.717, 1.165) is 70.6 Å². The van der Waals surface area contributed by atoms with Gasteiger partial charge in [0.25, 0.3) is 0 Å². The van der Waals surface area contributed by atoms with Gasteiger partial charge in [-0.25, -0.2) is 4.57 Å². The summed E-state index contributed by atoms with van der Waals surface area (Å²) < 4.78 is 32.7. The smallest absolute Gasteiger partial charge is 0.462 e. The van der Waals surface area contributed by atoms with Crippen molar-refractivity contribution in [1.82, 2.24) is 0 Å². The molecule has 0 amide bonds. The molecule has 6 atom stereocenters. The quantitative estimate of drug-likeness (QED) is 0.0203. The predicted molar refractivity (Wildman–Crippen MR) is 232 cm³/mol. The van der Waals surface area contributed by atoms with Gasteiger partial charge in [-0.2, -0.15) is 0 Å². The molecule has 0 fully saturated rings. The van der Waals surface area contributed by atoms with Crippen LogP contribution < -0.4 is 0 Å². The Labute approximate surface area is 353 Å². The molecule has 0 saturated carbocycles. The summed E-state index contributed by atoms with van der Waals surface area (Å²) in [6, 6.07) is 0.